The van der Waals surface area contributed by atoms with Gasteiger partial charge in [0, 0.05) is 12.2 Å². The van der Waals surface area contributed by atoms with Crippen molar-refractivity contribution in [1.29, 1.82) is 0 Å². The normalized spacial score (nSPS) is 10.5. The highest BCUT2D eigenvalue weighted by Crippen LogP contribution is 2.05. The van der Waals surface area contributed by atoms with Crippen LogP contribution >= 0.6 is 0 Å². The zero-order chi connectivity index (χ0) is 14.2. The van der Waals surface area contributed by atoms with Crippen LogP contribution in [0.4, 0.5) is 0 Å². The van der Waals surface area contributed by atoms with Gasteiger partial charge in [-0.25, -0.2) is 9.59 Å². The van der Waals surface area contributed by atoms with E-state index < -0.39 is 22.1 Å². The maximum absolute atomic E-state index is 10.4. The number of hydrogen-bond acceptors (Lipinski definition) is 4. The van der Waals surface area contributed by atoms with Crippen molar-refractivity contribution in [2.75, 3.05) is 0 Å². The highest BCUT2D eigenvalue weighted by Gasteiger charge is 2.05. The molecule has 0 saturated carbocycles. The van der Waals surface area contributed by atoms with Gasteiger partial charge in [-0.2, -0.15) is 8.42 Å². The molecule has 0 saturated heterocycles. The summed E-state index contributed by atoms with van der Waals surface area (Å²) in [5, 5.41) is 15.6. The van der Waals surface area contributed by atoms with Crippen LogP contribution in [0.3, 0.4) is 0 Å². The molecule has 0 atom stereocenters. The van der Waals surface area contributed by atoms with Crippen LogP contribution in [-0.4, -0.2) is 35.1 Å². The zero-order valence-electron chi connectivity index (χ0n) is 8.92. The molecule has 0 aromatic heterocycles. The quantitative estimate of drug-likeness (QED) is 0.545. The molecule has 0 fully saturated rings. The van der Waals surface area contributed by atoms with Crippen molar-refractivity contribution < 1.29 is 32.8 Å². The van der Waals surface area contributed by atoms with Crippen LogP contribution in [0.1, 0.15) is 0 Å². The smallest absolute Gasteiger partial charge is 0.328 e. The molecule has 1 aromatic carbocycles. The standard InChI is InChI=1S/C6H6O3S.C4H4O4/c7-10(8,9)6-4-2-1-3-5-6;5-3(6)1-2-4(7)8/h1-5H,(H,7,8,9);1-2H,(H,5,6)(H,7,8). The second-order valence-corrected chi connectivity index (χ2v) is 4.22. The summed E-state index contributed by atoms with van der Waals surface area (Å²) in [6.45, 7) is 0. The van der Waals surface area contributed by atoms with E-state index in [0.29, 0.717) is 12.2 Å². The molecule has 0 heterocycles. The lowest BCUT2D eigenvalue weighted by molar-refractivity contribution is -0.134. The van der Waals surface area contributed by atoms with Crippen LogP contribution in [0.15, 0.2) is 47.4 Å². The first-order valence-electron chi connectivity index (χ1n) is 4.40. The molecule has 98 valence electrons. The van der Waals surface area contributed by atoms with Crippen molar-refractivity contribution in [2.45, 2.75) is 4.90 Å². The van der Waals surface area contributed by atoms with Gasteiger partial charge >= 0.3 is 11.9 Å². The minimum absolute atomic E-state index is 0.0741. The summed E-state index contributed by atoms with van der Waals surface area (Å²) in [7, 11) is -4.00. The third kappa shape index (κ3) is 8.02. The third-order valence-corrected chi connectivity index (χ3v) is 2.28. The molecule has 3 N–H and O–H groups in total. The van der Waals surface area contributed by atoms with Gasteiger partial charge in [-0.3, -0.25) is 4.55 Å². The van der Waals surface area contributed by atoms with Crippen molar-refractivity contribution in [1.82, 2.24) is 0 Å². The molecule has 0 aliphatic carbocycles. The SMILES string of the molecule is O=C(O)C=CC(=O)O.O=S(=O)(O)c1ccccc1. The Morgan fingerprint density at radius 1 is 0.944 bits per heavy atom. The van der Waals surface area contributed by atoms with E-state index in [1.54, 1.807) is 18.2 Å². The molecule has 18 heavy (non-hydrogen) atoms. The number of carboxylic acids is 2. The van der Waals surface area contributed by atoms with Gasteiger partial charge in [-0.15, -0.1) is 0 Å². The minimum atomic E-state index is -4.00. The van der Waals surface area contributed by atoms with Crippen LogP contribution in [-0.2, 0) is 19.7 Å². The van der Waals surface area contributed by atoms with Crippen LogP contribution < -0.4 is 0 Å². The summed E-state index contributed by atoms with van der Waals surface area (Å²) in [6.07, 6.45) is 1.12. The third-order valence-electron chi connectivity index (χ3n) is 1.41. The lowest BCUT2D eigenvalue weighted by atomic mass is 10.4. The van der Waals surface area contributed by atoms with Crippen molar-refractivity contribution in [3.8, 4) is 0 Å². The van der Waals surface area contributed by atoms with Crippen molar-refractivity contribution in [3.05, 3.63) is 42.5 Å². The molecule has 0 bridgehead atoms. The van der Waals surface area contributed by atoms with Gasteiger partial charge in [0.2, 0.25) is 0 Å². The van der Waals surface area contributed by atoms with Gasteiger partial charge in [0.25, 0.3) is 10.1 Å². The Balaban J connectivity index is 0.000000331. The predicted molar refractivity (Wildman–Crippen MR) is 60.7 cm³/mol. The van der Waals surface area contributed by atoms with Crippen LogP contribution in [0.5, 0.6) is 0 Å². The summed E-state index contributed by atoms with van der Waals surface area (Å²) in [6, 6.07) is 7.42. The molecule has 8 heteroatoms. The van der Waals surface area contributed by atoms with Crippen molar-refractivity contribution in [3.63, 3.8) is 0 Å². The molecular formula is C10H10O7S. The first-order valence-corrected chi connectivity index (χ1v) is 5.84. The highest BCUT2D eigenvalue weighted by molar-refractivity contribution is 7.85. The number of benzene rings is 1. The van der Waals surface area contributed by atoms with E-state index in [-0.39, 0.29) is 4.90 Å². The Kier molecular flexibility index (Phi) is 6.32. The summed E-state index contributed by atoms with van der Waals surface area (Å²) in [5.41, 5.74) is 0. The number of carbonyl (C=O) groups is 2. The molecule has 0 spiro atoms. The molecule has 0 aliphatic rings. The Morgan fingerprint density at radius 3 is 1.56 bits per heavy atom. The Morgan fingerprint density at radius 2 is 1.33 bits per heavy atom. The molecule has 0 amide bonds. The summed E-state index contributed by atoms with van der Waals surface area (Å²) in [4.78, 5) is 19.0. The minimum Gasteiger partial charge on any atom is -0.478 e. The van der Waals surface area contributed by atoms with Crippen molar-refractivity contribution >= 4 is 22.1 Å². The first-order chi connectivity index (χ1) is 8.23. The zero-order valence-corrected chi connectivity index (χ0v) is 9.74. The van der Waals surface area contributed by atoms with E-state index in [1.807, 2.05) is 0 Å². The van der Waals surface area contributed by atoms with Gasteiger partial charge in [0.1, 0.15) is 0 Å². The molecule has 0 aliphatic heterocycles. The summed E-state index contributed by atoms with van der Waals surface area (Å²) >= 11 is 0. The second kappa shape index (κ2) is 7.20. The number of carboxylic acid groups (broad SMARTS) is 2. The summed E-state index contributed by atoms with van der Waals surface area (Å²) < 4.78 is 29.2. The molecule has 0 unspecified atom stereocenters. The fourth-order valence-corrected chi connectivity index (χ4v) is 1.24. The second-order valence-electron chi connectivity index (χ2n) is 2.80. The number of hydrogen-bond donors (Lipinski definition) is 3. The van der Waals surface area contributed by atoms with E-state index in [0.717, 1.165) is 0 Å². The van der Waals surface area contributed by atoms with Crippen molar-refractivity contribution in [2.24, 2.45) is 0 Å². The van der Waals surface area contributed by atoms with E-state index >= 15 is 0 Å². The van der Waals surface area contributed by atoms with Gasteiger partial charge in [0.05, 0.1) is 4.90 Å². The maximum atomic E-state index is 10.4. The molecule has 7 nitrogen and oxygen atoms in total. The van der Waals surface area contributed by atoms with Gasteiger partial charge in [0.15, 0.2) is 0 Å². The van der Waals surface area contributed by atoms with Gasteiger partial charge in [-0.1, -0.05) is 18.2 Å². The number of aliphatic carboxylic acids is 2. The van der Waals surface area contributed by atoms with E-state index in [4.69, 9.17) is 14.8 Å². The van der Waals surface area contributed by atoms with E-state index in [1.165, 1.54) is 12.1 Å². The summed E-state index contributed by atoms with van der Waals surface area (Å²) in [5.74, 6) is -2.51. The monoisotopic (exact) mass is 274 g/mol. The van der Waals surface area contributed by atoms with Gasteiger partial charge in [-0.05, 0) is 12.1 Å². The average Bonchev–Trinajstić information content (AvgIpc) is 2.27. The molecular weight excluding hydrogens is 264 g/mol. The first kappa shape index (κ1) is 15.8. The van der Waals surface area contributed by atoms with Crippen LogP contribution in [0, 0.1) is 0 Å². The van der Waals surface area contributed by atoms with E-state index in [9.17, 15) is 18.0 Å². The lowest BCUT2D eigenvalue weighted by Crippen LogP contribution is -1.96. The predicted octanol–water partition coefficient (Wildman–Crippen LogP) is 0.645. The Bertz CT molecular complexity index is 515. The number of rotatable bonds is 3. The fraction of sp³-hybridized carbons (Fsp3) is 0. The Hall–Kier alpha value is -2.19. The maximum Gasteiger partial charge on any atom is 0.328 e. The molecule has 0 radical (unpaired) electrons. The van der Waals surface area contributed by atoms with E-state index in [2.05, 4.69) is 0 Å². The lowest BCUT2D eigenvalue weighted by Gasteiger charge is -1.92. The Labute approximate surface area is 103 Å². The van der Waals surface area contributed by atoms with Crippen LogP contribution in [0.25, 0.3) is 0 Å². The topological polar surface area (TPSA) is 129 Å². The highest BCUT2D eigenvalue weighted by atomic mass is 32.2. The average molecular weight is 274 g/mol. The largest absolute Gasteiger partial charge is 0.478 e. The van der Waals surface area contributed by atoms with Gasteiger partial charge < -0.3 is 10.2 Å². The molecule has 1 aromatic rings. The van der Waals surface area contributed by atoms with Crippen LogP contribution in [0.2, 0.25) is 0 Å². The molecule has 1 rings (SSSR count). The fourth-order valence-electron chi connectivity index (χ4n) is 0.735.